The van der Waals surface area contributed by atoms with Crippen LogP contribution in [0.15, 0.2) is 0 Å². The first-order valence-corrected chi connectivity index (χ1v) is 8.89. The third-order valence-electron chi connectivity index (χ3n) is 2.70. The summed E-state index contributed by atoms with van der Waals surface area (Å²) < 4.78 is 31.1. The highest BCUT2D eigenvalue weighted by Gasteiger charge is 2.26. The summed E-state index contributed by atoms with van der Waals surface area (Å²) in [5, 5.41) is 0.664. The summed E-state index contributed by atoms with van der Waals surface area (Å²) in [4.78, 5) is 0. The van der Waals surface area contributed by atoms with Crippen molar-refractivity contribution >= 4 is 26.0 Å². The third-order valence-corrected chi connectivity index (χ3v) is 4.93. The minimum atomic E-state index is -3.20. The zero-order valence-corrected chi connectivity index (χ0v) is 13.4. The minimum absolute atomic E-state index is 0.0737. The average Bonchev–Trinajstić information content (AvgIpc) is 2.29. The molecule has 0 atom stereocenters. The van der Waals surface area contributed by atoms with Gasteiger partial charge in [0.05, 0.1) is 12.4 Å². The van der Waals surface area contributed by atoms with Crippen molar-refractivity contribution in [2.75, 3.05) is 30.8 Å². The molecule has 0 bridgehead atoms. The van der Waals surface area contributed by atoms with Gasteiger partial charge in [-0.25, -0.2) is 8.42 Å². The van der Waals surface area contributed by atoms with E-state index in [2.05, 4.69) is 15.9 Å². The van der Waals surface area contributed by atoms with Gasteiger partial charge in [0.25, 0.3) is 0 Å². The Labute approximate surface area is 114 Å². The van der Waals surface area contributed by atoms with Gasteiger partial charge in [0, 0.05) is 24.5 Å². The Bertz CT molecular complexity index is 278. The molecule has 0 aliphatic carbocycles. The van der Waals surface area contributed by atoms with Crippen LogP contribution in [0.25, 0.3) is 0 Å². The monoisotopic (exact) mass is 329 g/mol. The van der Waals surface area contributed by atoms with E-state index in [9.17, 15) is 8.42 Å². The van der Waals surface area contributed by atoms with Crippen LogP contribution in [0.3, 0.4) is 0 Å². The van der Waals surface area contributed by atoms with E-state index in [0.717, 1.165) is 12.8 Å². The normalized spacial score (nSPS) is 12.6. The third kappa shape index (κ3) is 6.18. The summed E-state index contributed by atoms with van der Waals surface area (Å²) >= 11 is 3.31. The zero-order valence-electron chi connectivity index (χ0n) is 11.0. The fraction of sp³-hybridized carbons (Fsp3) is 1.00. The second-order valence-electron chi connectivity index (χ2n) is 3.78. The molecule has 0 aromatic heterocycles. The Kier molecular flexibility index (Phi) is 9.49. The molecule has 0 spiro atoms. The average molecular weight is 330 g/mol. The molecule has 0 rings (SSSR count). The number of nitrogens with zero attached hydrogens (tertiary/aromatic N) is 1. The molecule has 0 aliphatic heterocycles. The predicted octanol–water partition coefficient (Wildman–Crippen LogP) is 2.24. The Balaban J connectivity index is 4.65. The van der Waals surface area contributed by atoms with Crippen molar-refractivity contribution in [3.8, 4) is 0 Å². The maximum Gasteiger partial charge on any atom is 0.216 e. The van der Waals surface area contributed by atoms with Crippen LogP contribution in [-0.4, -0.2) is 49.6 Å². The van der Waals surface area contributed by atoms with Gasteiger partial charge in [0.2, 0.25) is 10.0 Å². The molecule has 0 aliphatic rings. The van der Waals surface area contributed by atoms with Gasteiger partial charge in [-0.05, 0) is 19.8 Å². The van der Waals surface area contributed by atoms with E-state index < -0.39 is 10.0 Å². The Morgan fingerprint density at radius 1 is 1.24 bits per heavy atom. The molecule has 0 amide bonds. The number of hydrogen-bond acceptors (Lipinski definition) is 3. The number of alkyl halides is 1. The quantitative estimate of drug-likeness (QED) is 0.456. The molecule has 4 nitrogen and oxygen atoms in total. The molecule has 0 aromatic carbocycles. The molecule has 0 fully saturated rings. The SMILES string of the molecule is CCOCCS(=O)(=O)N(CCBr)C(CC)CC. The van der Waals surface area contributed by atoms with Gasteiger partial charge in [-0.2, -0.15) is 4.31 Å². The lowest BCUT2D eigenvalue weighted by Gasteiger charge is -2.29. The fourth-order valence-corrected chi connectivity index (χ4v) is 4.06. The maximum atomic E-state index is 12.2. The van der Waals surface area contributed by atoms with Crippen LogP contribution in [0, 0.1) is 0 Å². The molecule has 0 N–H and O–H groups in total. The largest absolute Gasteiger partial charge is 0.381 e. The smallest absolute Gasteiger partial charge is 0.216 e. The molecule has 0 aromatic rings. The molecule has 17 heavy (non-hydrogen) atoms. The number of ether oxygens (including phenoxy) is 1. The van der Waals surface area contributed by atoms with E-state index >= 15 is 0 Å². The lowest BCUT2D eigenvalue weighted by Crippen LogP contribution is -2.42. The number of sulfonamides is 1. The van der Waals surface area contributed by atoms with Crippen molar-refractivity contribution < 1.29 is 13.2 Å². The topological polar surface area (TPSA) is 46.6 Å². The number of halogens is 1. The van der Waals surface area contributed by atoms with Crippen molar-refractivity contribution in [1.29, 1.82) is 0 Å². The highest BCUT2D eigenvalue weighted by Crippen LogP contribution is 2.14. The summed E-state index contributed by atoms with van der Waals surface area (Å²) in [5.41, 5.74) is 0. The van der Waals surface area contributed by atoms with Crippen LogP contribution in [0.1, 0.15) is 33.6 Å². The summed E-state index contributed by atoms with van der Waals surface area (Å²) in [6, 6.07) is 0.0965. The molecule has 0 saturated carbocycles. The molecule has 104 valence electrons. The van der Waals surface area contributed by atoms with Gasteiger partial charge in [-0.3, -0.25) is 0 Å². The van der Waals surface area contributed by atoms with Crippen molar-refractivity contribution in [1.82, 2.24) is 4.31 Å². The van der Waals surface area contributed by atoms with Gasteiger partial charge in [0.1, 0.15) is 0 Å². The first-order valence-electron chi connectivity index (χ1n) is 6.16. The Morgan fingerprint density at radius 2 is 1.82 bits per heavy atom. The van der Waals surface area contributed by atoms with Crippen LogP contribution >= 0.6 is 15.9 Å². The summed E-state index contributed by atoms with van der Waals surface area (Å²) in [6.45, 7) is 7.27. The highest BCUT2D eigenvalue weighted by atomic mass is 79.9. The van der Waals surface area contributed by atoms with Gasteiger partial charge in [-0.1, -0.05) is 29.8 Å². The maximum absolute atomic E-state index is 12.2. The van der Waals surface area contributed by atoms with E-state index in [1.807, 2.05) is 20.8 Å². The van der Waals surface area contributed by atoms with E-state index in [0.29, 0.717) is 18.5 Å². The van der Waals surface area contributed by atoms with Crippen molar-refractivity contribution in [2.45, 2.75) is 39.7 Å². The molecule has 0 heterocycles. The first-order chi connectivity index (χ1) is 8.03. The summed E-state index contributed by atoms with van der Waals surface area (Å²) in [5.74, 6) is 0.0737. The first kappa shape index (κ1) is 17.4. The van der Waals surface area contributed by atoms with Gasteiger partial charge >= 0.3 is 0 Å². The Morgan fingerprint density at radius 3 is 2.24 bits per heavy atom. The van der Waals surface area contributed by atoms with E-state index in [1.165, 1.54) is 0 Å². The van der Waals surface area contributed by atoms with Crippen molar-refractivity contribution in [3.05, 3.63) is 0 Å². The van der Waals surface area contributed by atoms with Crippen LogP contribution in [-0.2, 0) is 14.8 Å². The molecule has 6 heteroatoms. The van der Waals surface area contributed by atoms with Crippen LogP contribution in [0.4, 0.5) is 0 Å². The van der Waals surface area contributed by atoms with Crippen LogP contribution in [0.2, 0.25) is 0 Å². The lowest BCUT2D eigenvalue weighted by molar-refractivity contribution is 0.162. The van der Waals surface area contributed by atoms with E-state index in [1.54, 1.807) is 4.31 Å². The van der Waals surface area contributed by atoms with Crippen molar-refractivity contribution in [2.24, 2.45) is 0 Å². The second kappa shape index (κ2) is 9.30. The van der Waals surface area contributed by atoms with Gasteiger partial charge < -0.3 is 4.74 Å². The molecular formula is C11H24BrNO3S. The minimum Gasteiger partial charge on any atom is -0.381 e. The second-order valence-corrected chi connectivity index (χ2v) is 6.62. The molecule has 0 unspecified atom stereocenters. The fourth-order valence-electron chi connectivity index (χ4n) is 1.75. The summed E-state index contributed by atoms with van der Waals surface area (Å²) in [6.07, 6.45) is 1.69. The van der Waals surface area contributed by atoms with E-state index in [-0.39, 0.29) is 18.4 Å². The van der Waals surface area contributed by atoms with Crippen LogP contribution < -0.4 is 0 Å². The Hall–Kier alpha value is 0.350. The highest BCUT2D eigenvalue weighted by molar-refractivity contribution is 9.09. The van der Waals surface area contributed by atoms with Gasteiger partial charge in [0.15, 0.2) is 0 Å². The lowest BCUT2D eigenvalue weighted by atomic mass is 10.2. The standard InChI is InChI=1S/C11H24BrNO3S/c1-4-11(5-2)13(8-7-12)17(14,15)10-9-16-6-3/h11H,4-10H2,1-3H3. The van der Waals surface area contributed by atoms with Gasteiger partial charge in [-0.15, -0.1) is 0 Å². The predicted molar refractivity (Wildman–Crippen MR) is 75.1 cm³/mol. The van der Waals surface area contributed by atoms with Crippen LogP contribution in [0.5, 0.6) is 0 Å². The molecule has 0 radical (unpaired) electrons. The van der Waals surface area contributed by atoms with Crippen molar-refractivity contribution in [3.63, 3.8) is 0 Å². The zero-order chi connectivity index (χ0) is 13.3. The molecule has 0 saturated heterocycles. The number of rotatable bonds is 10. The number of hydrogen-bond donors (Lipinski definition) is 0. The molecular weight excluding hydrogens is 306 g/mol. The summed E-state index contributed by atoms with van der Waals surface area (Å²) in [7, 11) is -3.20. The van der Waals surface area contributed by atoms with E-state index in [4.69, 9.17) is 4.74 Å².